The van der Waals surface area contributed by atoms with E-state index in [2.05, 4.69) is 52.0 Å². The molecule has 13 rings (SSSR count). The summed E-state index contributed by atoms with van der Waals surface area (Å²) in [5.41, 5.74) is 5.67. The second-order valence-corrected chi connectivity index (χ2v) is 23.3. The van der Waals surface area contributed by atoms with Crippen LogP contribution in [0.3, 0.4) is 0 Å². The van der Waals surface area contributed by atoms with Gasteiger partial charge in [0.25, 0.3) is 11.8 Å². The Morgan fingerprint density at radius 1 is 0.652 bits per heavy atom. The number of fused-ring (bicyclic) bond motifs is 2. The van der Waals surface area contributed by atoms with Crippen LogP contribution < -0.4 is 10.6 Å². The highest BCUT2D eigenvalue weighted by molar-refractivity contribution is 8.00. The van der Waals surface area contributed by atoms with Crippen molar-refractivity contribution in [3.63, 3.8) is 0 Å². The largest absolute Gasteiger partial charge is 0.504 e. The molecule has 1 saturated heterocycles. The number of esters is 1. The fraction of sp³-hybridized carbons (Fsp3) is 0.0959. The Hall–Kier alpha value is -10.8. The van der Waals surface area contributed by atoms with Crippen LogP contribution in [0.15, 0.2) is 295 Å². The maximum Gasteiger partial charge on any atom is 0.356 e. The van der Waals surface area contributed by atoms with Crippen LogP contribution in [-0.2, 0) is 41.6 Å². The Balaban J connectivity index is 0.887. The zero-order valence-corrected chi connectivity index (χ0v) is 49.3. The molecular formula is C73H57N7O7S2. The summed E-state index contributed by atoms with van der Waals surface area (Å²) in [5.74, 6) is -2.37. The number of allylic oxidation sites excluding steroid dienone is 2. The number of hydrogen-bond donors (Lipinski definition) is 4. The Morgan fingerprint density at radius 3 is 1.63 bits per heavy atom. The third-order valence-corrected chi connectivity index (χ3v) is 18.0. The lowest BCUT2D eigenvalue weighted by molar-refractivity contribution is -0.154. The standard InChI is InChI=1S/C73H57N7O7S2/c81-61-44-58-60(45-62(61)82)79(48-74-58)43-25-30-51-46-88-69-64(68(84)80(69)65(51)70(85)86-66(49-26-9-1-10-27-49)50-28-11-2-12-29-50)76-67(83)63(78-87-73(55-37-19-6-20-38-55,56-39-21-7-22-40-56)57-41-23-8-24-42-57)59-47-89-71(75-59)77-72(52-31-13-3-14-32-52,53-33-15-4-16-34-53)54-35-17-5-18-36-54/h1-42,44-45,47-48,64,66,69,81-82H,43,46H2,(H,75,77)(H,76,83)/b30-25+,78-63-/t64?,69-/m1/s1. The summed E-state index contributed by atoms with van der Waals surface area (Å²) in [4.78, 5) is 64.0. The molecule has 16 heteroatoms. The van der Waals surface area contributed by atoms with E-state index in [0.29, 0.717) is 21.7 Å². The van der Waals surface area contributed by atoms with Crippen LogP contribution in [0, 0.1) is 0 Å². The minimum Gasteiger partial charge on any atom is -0.504 e. The normalized spacial score (nSPS) is 15.2. The molecule has 89 heavy (non-hydrogen) atoms. The highest BCUT2D eigenvalue weighted by Crippen LogP contribution is 2.45. The first-order valence-corrected chi connectivity index (χ1v) is 30.8. The molecule has 438 valence electrons. The lowest BCUT2D eigenvalue weighted by Gasteiger charge is -2.49. The van der Waals surface area contributed by atoms with Crippen LogP contribution in [0.5, 0.6) is 11.5 Å². The smallest absolute Gasteiger partial charge is 0.356 e. The van der Waals surface area contributed by atoms with Gasteiger partial charge in [0, 0.05) is 46.5 Å². The third-order valence-electron chi connectivity index (χ3n) is 15.9. The van der Waals surface area contributed by atoms with E-state index in [9.17, 15) is 10.2 Å². The van der Waals surface area contributed by atoms with Crippen molar-refractivity contribution in [3.8, 4) is 11.5 Å². The number of phenols is 2. The molecule has 2 atom stereocenters. The van der Waals surface area contributed by atoms with E-state index in [1.165, 1.54) is 40.1 Å². The molecule has 2 aliphatic rings. The van der Waals surface area contributed by atoms with Gasteiger partial charge in [0.2, 0.25) is 5.60 Å². The molecule has 0 saturated carbocycles. The maximum atomic E-state index is 15.7. The molecule has 14 nitrogen and oxygen atoms in total. The molecule has 0 spiro atoms. The van der Waals surface area contributed by atoms with Gasteiger partial charge in [-0.15, -0.1) is 23.1 Å². The zero-order valence-electron chi connectivity index (χ0n) is 47.7. The van der Waals surface area contributed by atoms with Crippen LogP contribution in [0.4, 0.5) is 5.13 Å². The van der Waals surface area contributed by atoms with Crippen molar-refractivity contribution in [1.29, 1.82) is 0 Å². The van der Waals surface area contributed by atoms with Crippen LogP contribution in [0.2, 0.25) is 0 Å². The topological polar surface area (TPSA) is 180 Å². The van der Waals surface area contributed by atoms with E-state index in [0.717, 1.165) is 44.5 Å². The lowest BCUT2D eigenvalue weighted by Crippen LogP contribution is -2.71. The summed E-state index contributed by atoms with van der Waals surface area (Å²) >= 11 is 2.67. The number of thioether (sulfide) groups is 1. The van der Waals surface area contributed by atoms with Gasteiger partial charge in [-0.1, -0.05) is 260 Å². The SMILES string of the molecule is O=C(OC(c1ccccc1)c1ccccc1)C1=C(/C=C/Cn2cnc3cc(O)c(O)cc32)CS[C@@H]2C(NC(=O)/C(=N\OC(c3ccccc3)(c3ccccc3)c3ccccc3)c3csc(NC(c4ccccc4)(c4ccccc4)c4ccccc4)n3)C(=O)N12. The van der Waals surface area contributed by atoms with Gasteiger partial charge in [0.15, 0.2) is 28.4 Å². The fourth-order valence-electron chi connectivity index (χ4n) is 11.6. The van der Waals surface area contributed by atoms with E-state index in [1.54, 1.807) is 22.4 Å². The average molecular weight is 1210 g/mol. The van der Waals surface area contributed by atoms with E-state index >= 15 is 14.4 Å². The minimum absolute atomic E-state index is 0.0277. The van der Waals surface area contributed by atoms with Gasteiger partial charge in [-0.25, -0.2) is 14.8 Å². The molecular weight excluding hydrogens is 1150 g/mol. The number of anilines is 1. The zero-order chi connectivity index (χ0) is 60.7. The number of nitrogens with one attached hydrogen (secondary N) is 2. The van der Waals surface area contributed by atoms with Crippen molar-refractivity contribution in [2.24, 2.45) is 5.16 Å². The molecule has 2 aliphatic heterocycles. The van der Waals surface area contributed by atoms with Crippen LogP contribution in [0.1, 0.15) is 56.3 Å². The molecule has 0 bridgehead atoms. The number of carbonyl (C=O) groups is 3. The Morgan fingerprint density at radius 2 is 1.12 bits per heavy atom. The summed E-state index contributed by atoms with van der Waals surface area (Å²) in [5, 5.41) is 33.8. The lowest BCUT2D eigenvalue weighted by atomic mass is 9.77. The average Bonchev–Trinajstić information content (AvgIpc) is 1.25. The van der Waals surface area contributed by atoms with Gasteiger partial charge in [-0.2, -0.15) is 0 Å². The number of aromatic hydroxyl groups is 2. The van der Waals surface area contributed by atoms with Crippen molar-refractivity contribution in [2.75, 3.05) is 11.1 Å². The van der Waals surface area contributed by atoms with E-state index in [-0.39, 0.29) is 40.9 Å². The number of aromatic nitrogens is 3. The summed E-state index contributed by atoms with van der Waals surface area (Å²) in [6.45, 7) is 0.258. The summed E-state index contributed by atoms with van der Waals surface area (Å²) < 4.78 is 8.28. The first-order chi connectivity index (χ1) is 43.7. The first-order valence-electron chi connectivity index (χ1n) is 28.9. The summed E-state index contributed by atoms with van der Waals surface area (Å²) in [6.07, 6.45) is 4.35. The Bertz CT molecular complexity index is 4170. The Labute approximate surface area is 521 Å². The molecule has 0 radical (unpaired) electrons. The van der Waals surface area contributed by atoms with Gasteiger partial charge >= 0.3 is 5.97 Å². The number of carbonyl (C=O) groups excluding carboxylic acids is 3. The van der Waals surface area contributed by atoms with Crippen LogP contribution in [-0.4, -0.2) is 70.3 Å². The van der Waals surface area contributed by atoms with Gasteiger partial charge in [0.05, 0.1) is 17.4 Å². The minimum atomic E-state index is -1.41. The fourth-order valence-corrected chi connectivity index (χ4v) is 13.7. The molecule has 1 fully saturated rings. The molecule has 4 heterocycles. The monoisotopic (exact) mass is 1210 g/mol. The van der Waals surface area contributed by atoms with E-state index in [4.69, 9.17) is 19.7 Å². The molecule has 2 aromatic heterocycles. The number of oxime groups is 1. The van der Waals surface area contributed by atoms with Crippen molar-refractivity contribution in [2.45, 2.75) is 35.2 Å². The second-order valence-electron chi connectivity index (χ2n) is 21.3. The molecule has 11 aromatic rings. The predicted octanol–water partition coefficient (Wildman–Crippen LogP) is 13.3. The third kappa shape index (κ3) is 11.2. The first kappa shape index (κ1) is 57.3. The number of phenolic OH excluding ortho intramolecular Hbond substituents is 2. The van der Waals surface area contributed by atoms with Crippen molar-refractivity contribution >= 4 is 62.8 Å². The molecule has 9 aromatic carbocycles. The summed E-state index contributed by atoms with van der Waals surface area (Å²) in [6, 6.07) is 79.9. The highest BCUT2D eigenvalue weighted by Gasteiger charge is 2.55. The van der Waals surface area contributed by atoms with Crippen molar-refractivity contribution in [3.05, 3.63) is 340 Å². The van der Waals surface area contributed by atoms with Crippen LogP contribution >= 0.6 is 23.1 Å². The second kappa shape index (κ2) is 25.3. The predicted molar refractivity (Wildman–Crippen MR) is 347 cm³/mol. The number of benzene rings is 9. The number of rotatable bonds is 20. The number of β-lactam (4-membered cyclic amide) rings is 1. The van der Waals surface area contributed by atoms with E-state index in [1.807, 2.05) is 212 Å². The van der Waals surface area contributed by atoms with Gasteiger partial charge in [-0.05, 0) is 33.4 Å². The quantitative estimate of drug-likeness (QED) is 0.0142. The van der Waals surface area contributed by atoms with E-state index < -0.39 is 46.4 Å². The Kier molecular flexibility index (Phi) is 16.3. The number of hydrogen-bond acceptors (Lipinski definition) is 13. The number of amides is 2. The van der Waals surface area contributed by atoms with Gasteiger partial charge in [-0.3, -0.25) is 14.5 Å². The molecule has 4 N–H and O–H groups in total. The summed E-state index contributed by atoms with van der Waals surface area (Å²) in [7, 11) is 0. The number of nitrogens with zero attached hydrogens (tertiary/aromatic N) is 5. The molecule has 2 amide bonds. The molecule has 1 unspecified atom stereocenters. The van der Waals surface area contributed by atoms with Crippen molar-refractivity contribution in [1.82, 2.24) is 24.8 Å². The highest BCUT2D eigenvalue weighted by atomic mass is 32.2. The molecule has 0 aliphatic carbocycles. The number of ether oxygens (including phenoxy) is 1. The van der Waals surface area contributed by atoms with Crippen molar-refractivity contribution < 1.29 is 34.2 Å². The van der Waals surface area contributed by atoms with Gasteiger partial charge in [0.1, 0.15) is 28.3 Å². The number of imidazole rings is 1. The number of thiazole rings is 1. The van der Waals surface area contributed by atoms with Crippen LogP contribution in [0.25, 0.3) is 11.0 Å². The maximum absolute atomic E-state index is 15.7. The van der Waals surface area contributed by atoms with Gasteiger partial charge < -0.3 is 35.0 Å².